The third-order valence-corrected chi connectivity index (χ3v) is 2.93. The second-order valence-corrected chi connectivity index (χ2v) is 4.65. The number of ether oxygens (including phenoxy) is 1. The van der Waals surface area contributed by atoms with Crippen molar-refractivity contribution >= 4 is 0 Å². The van der Waals surface area contributed by atoms with Crippen molar-refractivity contribution in [1.29, 1.82) is 5.26 Å². The zero-order valence-electron chi connectivity index (χ0n) is 11.7. The topological polar surface area (TPSA) is 45.0 Å². The van der Waals surface area contributed by atoms with Crippen LogP contribution in [0, 0.1) is 17.1 Å². The molecule has 0 aliphatic heterocycles. The number of nitrogens with zero attached hydrogens (tertiary/aromatic N) is 1. The monoisotopic (exact) mass is 284 g/mol. The van der Waals surface area contributed by atoms with Gasteiger partial charge in [-0.15, -0.1) is 0 Å². The van der Waals surface area contributed by atoms with Crippen LogP contribution in [0.2, 0.25) is 0 Å². The van der Waals surface area contributed by atoms with Crippen LogP contribution in [-0.2, 0) is 6.54 Å². The summed E-state index contributed by atoms with van der Waals surface area (Å²) >= 11 is 0. The van der Waals surface area contributed by atoms with Gasteiger partial charge in [0.2, 0.25) is 0 Å². The summed E-state index contributed by atoms with van der Waals surface area (Å²) in [6.45, 7) is 1.94. The summed E-state index contributed by atoms with van der Waals surface area (Å²) < 4.78 is 18.8. The number of nitrogens with one attached hydrogen (secondary N) is 1. The van der Waals surface area contributed by atoms with E-state index in [0.29, 0.717) is 18.7 Å². The first-order valence-corrected chi connectivity index (χ1v) is 6.86. The van der Waals surface area contributed by atoms with Crippen molar-refractivity contribution in [3.8, 4) is 11.8 Å². The predicted octanol–water partition coefficient (Wildman–Crippen LogP) is 3.26. The van der Waals surface area contributed by atoms with Crippen LogP contribution in [0.1, 0.15) is 17.5 Å². The highest BCUT2D eigenvalue weighted by atomic mass is 19.1. The molecule has 2 rings (SSSR count). The first-order chi connectivity index (χ1) is 10.3. The van der Waals surface area contributed by atoms with E-state index >= 15 is 0 Å². The average Bonchev–Trinajstić information content (AvgIpc) is 2.51. The lowest BCUT2D eigenvalue weighted by molar-refractivity contribution is 0.308. The highest BCUT2D eigenvalue weighted by molar-refractivity contribution is 5.33. The number of hydrogen-bond donors (Lipinski definition) is 1. The maximum absolute atomic E-state index is 13.2. The molecule has 0 aliphatic carbocycles. The van der Waals surface area contributed by atoms with Crippen LogP contribution in [-0.4, -0.2) is 13.2 Å². The van der Waals surface area contributed by atoms with Gasteiger partial charge in [0.25, 0.3) is 0 Å². The van der Waals surface area contributed by atoms with Gasteiger partial charge in [-0.1, -0.05) is 18.2 Å². The number of benzene rings is 2. The van der Waals surface area contributed by atoms with Crippen LogP contribution in [0.5, 0.6) is 5.75 Å². The molecule has 2 aromatic rings. The SMILES string of the molecule is N#Cc1cc(F)cc(CNCCCOc2ccccc2)c1. The Morgan fingerprint density at radius 1 is 1.14 bits per heavy atom. The minimum Gasteiger partial charge on any atom is -0.494 e. The molecule has 0 aliphatic rings. The fourth-order valence-corrected chi connectivity index (χ4v) is 1.95. The maximum Gasteiger partial charge on any atom is 0.124 e. The van der Waals surface area contributed by atoms with Gasteiger partial charge in [0, 0.05) is 6.54 Å². The summed E-state index contributed by atoms with van der Waals surface area (Å²) in [7, 11) is 0. The molecule has 0 atom stereocenters. The van der Waals surface area contributed by atoms with Crippen LogP contribution in [0.3, 0.4) is 0 Å². The van der Waals surface area contributed by atoms with Crippen LogP contribution >= 0.6 is 0 Å². The fourth-order valence-electron chi connectivity index (χ4n) is 1.95. The third kappa shape index (κ3) is 5.25. The molecule has 0 spiro atoms. The average molecular weight is 284 g/mol. The van der Waals surface area contributed by atoms with Crippen LogP contribution in [0.4, 0.5) is 4.39 Å². The van der Waals surface area contributed by atoms with E-state index in [2.05, 4.69) is 5.32 Å². The molecule has 0 aromatic heterocycles. The van der Waals surface area contributed by atoms with Gasteiger partial charge in [0.15, 0.2) is 0 Å². The van der Waals surface area contributed by atoms with Crippen LogP contribution < -0.4 is 10.1 Å². The zero-order chi connectivity index (χ0) is 14.9. The van der Waals surface area contributed by atoms with Gasteiger partial charge in [0.05, 0.1) is 18.2 Å². The van der Waals surface area contributed by atoms with E-state index in [1.165, 1.54) is 12.1 Å². The van der Waals surface area contributed by atoms with Crippen LogP contribution in [0.25, 0.3) is 0 Å². The lowest BCUT2D eigenvalue weighted by Gasteiger charge is -2.07. The largest absolute Gasteiger partial charge is 0.494 e. The molecule has 108 valence electrons. The molecular weight excluding hydrogens is 267 g/mol. The lowest BCUT2D eigenvalue weighted by Crippen LogP contribution is -2.17. The summed E-state index contributed by atoms with van der Waals surface area (Å²) in [5, 5.41) is 12.0. The quantitative estimate of drug-likeness (QED) is 0.794. The van der Waals surface area contributed by atoms with E-state index in [1.807, 2.05) is 36.4 Å². The highest BCUT2D eigenvalue weighted by Gasteiger charge is 2.00. The summed E-state index contributed by atoms with van der Waals surface area (Å²) in [5.74, 6) is 0.486. The molecule has 0 heterocycles. The van der Waals surface area contributed by atoms with Gasteiger partial charge >= 0.3 is 0 Å². The Morgan fingerprint density at radius 2 is 1.95 bits per heavy atom. The van der Waals surface area contributed by atoms with E-state index in [0.717, 1.165) is 24.3 Å². The maximum atomic E-state index is 13.2. The molecule has 0 bridgehead atoms. The molecule has 21 heavy (non-hydrogen) atoms. The standard InChI is InChI=1S/C17H17FN2O/c18-16-10-14(12-19)9-15(11-16)13-20-7-4-8-21-17-5-2-1-3-6-17/h1-3,5-6,9-11,20H,4,7-8,13H2. The second kappa shape index (κ2) is 8.03. The Hall–Kier alpha value is -2.38. The second-order valence-electron chi connectivity index (χ2n) is 4.65. The molecule has 0 saturated carbocycles. The Morgan fingerprint density at radius 3 is 2.71 bits per heavy atom. The van der Waals surface area contributed by atoms with Crippen molar-refractivity contribution in [3.63, 3.8) is 0 Å². The summed E-state index contributed by atoms with van der Waals surface area (Å²) in [6, 6.07) is 16.0. The van der Waals surface area contributed by atoms with Crippen LogP contribution in [0.15, 0.2) is 48.5 Å². The molecule has 0 amide bonds. The van der Waals surface area contributed by atoms with Crippen molar-refractivity contribution in [1.82, 2.24) is 5.32 Å². The molecule has 2 aromatic carbocycles. The Labute approximate surface area is 124 Å². The predicted molar refractivity (Wildman–Crippen MR) is 79.4 cm³/mol. The first-order valence-electron chi connectivity index (χ1n) is 6.86. The molecule has 0 radical (unpaired) electrons. The van der Waals surface area contributed by atoms with E-state index < -0.39 is 0 Å². The van der Waals surface area contributed by atoms with E-state index in [-0.39, 0.29) is 5.82 Å². The molecule has 0 fully saturated rings. The number of rotatable bonds is 7. The molecular formula is C17H17FN2O. The van der Waals surface area contributed by atoms with E-state index in [4.69, 9.17) is 10.00 Å². The number of nitriles is 1. The van der Waals surface area contributed by atoms with Crippen molar-refractivity contribution in [2.24, 2.45) is 0 Å². The Bertz CT molecular complexity index is 608. The number of para-hydroxylation sites is 1. The number of hydrogen-bond acceptors (Lipinski definition) is 3. The fraction of sp³-hybridized carbons (Fsp3) is 0.235. The number of halogens is 1. The minimum atomic E-state index is -0.377. The van der Waals surface area contributed by atoms with Crippen molar-refractivity contribution < 1.29 is 9.13 Å². The normalized spacial score (nSPS) is 10.1. The molecule has 1 N–H and O–H groups in total. The zero-order valence-corrected chi connectivity index (χ0v) is 11.7. The van der Waals surface area contributed by atoms with E-state index in [9.17, 15) is 4.39 Å². The summed E-state index contributed by atoms with van der Waals surface area (Å²) in [4.78, 5) is 0. The highest BCUT2D eigenvalue weighted by Crippen LogP contribution is 2.09. The molecule has 0 saturated heterocycles. The molecule has 3 nitrogen and oxygen atoms in total. The molecule has 0 unspecified atom stereocenters. The van der Waals surface area contributed by atoms with Crippen molar-refractivity contribution in [2.75, 3.05) is 13.2 Å². The Kier molecular flexibility index (Phi) is 5.74. The van der Waals surface area contributed by atoms with Gasteiger partial charge in [-0.25, -0.2) is 4.39 Å². The smallest absolute Gasteiger partial charge is 0.124 e. The van der Waals surface area contributed by atoms with Crippen molar-refractivity contribution in [3.05, 3.63) is 65.5 Å². The van der Waals surface area contributed by atoms with E-state index in [1.54, 1.807) is 6.07 Å². The van der Waals surface area contributed by atoms with Gasteiger partial charge in [-0.2, -0.15) is 5.26 Å². The van der Waals surface area contributed by atoms with Gasteiger partial charge in [-0.3, -0.25) is 0 Å². The molecule has 4 heteroatoms. The first kappa shape index (κ1) is 15.0. The minimum absolute atomic E-state index is 0.346. The third-order valence-electron chi connectivity index (χ3n) is 2.93. The Balaban J connectivity index is 1.66. The summed E-state index contributed by atoms with van der Waals surface area (Å²) in [5.41, 5.74) is 1.12. The van der Waals surface area contributed by atoms with Gasteiger partial charge in [0.1, 0.15) is 11.6 Å². The van der Waals surface area contributed by atoms with Gasteiger partial charge < -0.3 is 10.1 Å². The lowest BCUT2D eigenvalue weighted by atomic mass is 10.1. The van der Waals surface area contributed by atoms with Crippen molar-refractivity contribution in [2.45, 2.75) is 13.0 Å². The summed E-state index contributed by atoms with van der Waals surface area (Å²) in [6.07, 6.45) is 0.856. The van der Waals surface area contributed by atoms with Gasteiger partial charge in [-0.05, 0) is 48.9 Å².